The lowest BCUT2D eigenvalue weighted by molar-refractivity contribution is -0.148. The lowest BCUT2D eigenvalue weighted by Gasteiger charge is -2.36. The van der Waals surface area contributed by atoms with E-state index >= 15 is 0 Å². The highest BCUT2D eigenvalue weighted by atomic mass is 19.1. The smallest absolute Gasteiger partial charge is 0.323 e. The van der Waals surface area contributed by atoms with Crippen LogP contribution in [0.25, 0.3) is 16.6 Å². The van der Waals surface area contributed by atoms with Crippen molar-refractivity contribution in [2.75, 3.05) is 26.1 Å². The molecular weight excluding hydrogens is 526 g/mol. The van der Waals surface area contributed by atoms with Crippen molar-refractivity contribution in [3.8, 4) is 11.5 Å². The summed E-state index contributed by atoms with van der Waals surface area (Å²) >= 11 is 0. The molecule has 2 atom stereocenters. The Hall–Kier alpha value is -4.59. The van der Waals surface area contributed by atoms with Gasteiger partial charge in [-0.3, -0.25) is 15.0 Å². The Morgan fingerprint density at radius 1 is 1.12 bits per heavy atom. The van der Waals surface area contributed by atoms with E-state index in [0.717, 1.165) is 17.7 Å². The van der Waals surface area contributed by atoms with Crippen LogP contribution in [0.3, 0.4) is 0 Å². The number of ether oxygens (including phenoxy) is 2. The molecule has 1 aliphatic heterocycles. The Morgan fingerprint density at radius 2 is 1.93 bits per heavy atom. The summed E-state index contributed by atoms with van der Waals surface area (Å²) in [6, 6.07) is 7.05. The molecule has 14 heteroatoms. The van der Waals surface area contributed by atoms with Gasteiger partial charge in [0.05, 0.1) is 19.6 Å². The lowest BCUT2D eigenvalue weighted by Crippen LogP contribution is -2.52. The van der Waals surface area contributed by atoms with E-state index in [1.54, 1.807) is 19.2 Å². The van der Waals surface area contributed by atoms with Gasteiger partial charge in [0.2, 0.25) is 5.95 Å². The molecule has 1 saturated heterocycles. The van der Waals surface area contributed by atoms with Gasteiger partial charge in [-0.1, -0.05) is 0 Å². The largest absolute Gasteiger partial charge is 0.497 e. The Morgan fingerprint density at radius 3 is 2.65 bits per heavy atom. The summed E-state index contributed by atoms with van der Waals surface area (Å²) in [6.45, 7) is 2.24. The van der Waals surface area contributed by atoms with Crippen LogP contribution >= 0.6 is 0 Å². The average Bonchev–Trinajstić information content (AvgIpc) is 3.41. The third-order valence-corrected chi connectivity index (χ3v) is 7.08. The van der Waals surface area contributed by atoms with Gasteiger partial charge in [0.1, 0.15) is 22.8 Å². The number of nitrogens with zero attached hydrogens (tertiary/aromatic N) is 5. The minimum atomic E-state index is -0.919. The Bertz CT molecular complexity index is 1610. The van der Waals surface area contributed by atoms with E-state index in [0.29, 0.717) is 30.2 Å². The third-order valence-electron chi connectivity index (χ3n) is 7.08. The Kier molecular flexibility index (Phi) is 7.34. The SMILES string of the molecule is COc1ccc(CNc2nc3c(F)cc(F)cc3c3nc([C@@H]4CC[C@H](C)N(C(=O)C(=O)NN)C4)nn23)c(OC)c1. The minimum Gasteiger partial charge on any atom is -0.497 e. The average molecular weight is 555 g/mol. The van der Waals surface area contributed by atoms with E-state index in [-0.39, 0.29) is 47.5 Å². The van der Waals surface area contributed by atoms with E-state index in [1.807, 2.05) is 18.4 Å². The van der Waals surface area contributed by atoms with Crippen LogP contribution in [0.2, 0.25) is 0 Å². The summed E-state index contributed by atoms with van der Waals surface area (Å²) in [5.41, 5.74) is 2.76. The number of methoxy groups -OCH3 is 2. The van der Waals surface area contributed by atoms with Gasteiger partial charge in [0, 0.05) is 42.7 Å². The zero-order valence-corrected chi connectivity index (χ0v) is 22.1. The van der Waals surface area contributed by atoms with Gasteiger partial charge in [0.15, 0.2) is 17.3 Å². The molecular formula is C26H28F2N8O4. The summed E-state index contributed by atoms with van der Waals surface area (Å²) in [5.74, 6) is 3.23. The number of nitrogens with two attached hydrogens (primary N) is 1. The van der Waals surface area contributed by atoms with Crippen LogP contribution in [0.4, 0.5) is 14.7 Å². The van der Waals surface area contributed by atoms with Crippen LogP contribution in [0.5, 0.6) is 11.5 Å². The normalized spacial score (nSPS) is 17.2. The van der Waals surface area contributed by atoms with E-state index in [4.69, 9.17) is 15.3 Å². The molecule has 0 radical (unpaired) electrons. The summed E-state index contributed by atoms with van der Waals surface area (Å²) in [4.78, 5) is 34.9. The number of hydrogen-bond donors (Lipinski definition) is 3. The number of fused-ring (bicyclic) bond motifs is 3. The molecule has 4 N–H and O–H groups in total. The van der Waals surface area contributed by atoms with Gasteiger partial charge < -0.3 is 19.7 Å². The molecule has 0 spiro atoms. The second-order valence-corrected chi connectivity index (χ2v) is 9.51. The fraction of sp³-hybridized carbons (Fsp3) is 0.346. The molecule has 2 aromatic carbocycles. The maximum absolute atomic E-state index is 14.9. The van der Waals surface area contributed by atoms with Crippen LogP contribution in [0.15, 0.2) is 30.3 Å². The molecule has 1 aliphatic rings. The zero-order chi connectivity index (χ0) is 28.6. The number of carbonyl (C=O) groups is 2. The molecule has 4 aromatic rings. The highest BCUT2D eigenvalue weighted by Gasteiger charge is 2.34. The predicted octanol–water partition coefficient (Wildman–Crippen LogP) is 2.27. The Balaban J connectivity index is 1.55. The zero-order valence-electron chi connectivity index (χ0n) is 22.1. The maximum atomic E-state index is 14.9. The van der Waals surface area contributed by atoms with Crippen molar-refractivity contribution in [1.82, 2.24) is 29.9 Å². The molecule has 40 heavy (non-hydrogen) atoms. The number of anilines is 1. The van der Waals surface area contributed by atoms with Gasteiger partial charge in [0.25, 0.3) is 0 Å². The summed E-state index contributed by atoms with van der Waals surface area (Å²) in [6.07, 6.45) is 1.22. The maximum Gasteiger partial charge on any atom is 0.323 e. The highest BCUT2D eigenvalue weighted by molar-refractivity contribution is 6.34. The quantitative estimate of drug-likeness (QED) is 0.141. The van der Waals surface area contributed by atoms with Crippen molar-refractivity contribution in [1.29, 1.82) is 0 Å². The number of piperidine rings is 1. The monoisotopic (exact) mass is 554 g/mol. The molecule has 12 nitrogen and oxygen atoms in total. The van der Waals surface area contributed by atoms with Gasteiger partial charge in [-0.05, 0) is 38.0 Å². The molecule has 0 aliphatic carbocycles. The van der Waals surface area contributed by atoms with Gasteiger partial charge >= 0.3 is 11.8 Å². The number of aromatic nitrogens is 4. The molecule has 1 fully saturated rings. The standard InChI is InChI=1S/C26H28F2N8O4/c1-13-4-5-15(12-35(13)25(38)24(37)33-29)22-32-23-18-8-16(27)9-19(28)21(18)31-26(36(23)34-22)30-11-14-6-7-17(39-2)10-20(14)40-3/h6-10,13,15H,4-5,11-12,29H2,1-3H3,(H,30,31)(H,33,37)/t13-,15+/m0/s1. The number of likely N-dealkylation sites (tertiary alicyclic amines) is 1. The van der Waals surface area contributed by atoms with Crippen molar-refractivity contribution >= 4 is 34.3 Å². The number of benzene rings is 2. The number of amides is 2. The first-order chi connectivity index (χ1) is 19.2. The van der Waals surface area contributed by atoms with Gasteiger partial charge in [-0.25, -0.2) is 24.6 Å². The van der Waals surface area contributed by atoms with E-state index in [2.05, 4.69) is 20.4 Å². The molecule has 3 heterocycles. The number of hydrogen-bond acceptors (Lipinski definition) is 9. The first-order valence-corrected chi connectivity index (χ1v) is 12.6. The van der Waals surface area contributed by atoms with E-state index in [1.165, 1.54) is 16.5 Å². The second-order valence-electron chi connectivity index (χ2n) is 9.51. The van der Waals surface area contributed by atoms with Crippen molar-refractivity contribution in [3.63, 3.8) is 0 Å². The van der Waals surface area contributed by atoms with Crippen molar-refractivity contribution < 1.29 is 27.8 Å². The van der Waals surface area contributed by atoms with Gasteiger partial charge in [-0.2, -0.15) is 4.52 Å². The van der Waals surface area contributed by atoms with Crippen LogP contribution < -0.4 is 26.1 Å². The van der Waals surface area contributed by atoms with Crippen LogP contribution in [-0.4, -0.2) is 63.1 Å². The summed E-state index contributed by atoms with van der Waals surface area (Å²) < 4.78 is 41.2. The number of nitrogens with one attached hydrogen (secondary N) is 2. The molecule has 2 amide bonds. The summed E-state index contributed by atoms with van der Waals surface area (Å²) in [5, 5.41) is 7.93. The molecule has 5 rings (SSSR count). The molecule has 0 unspecified atom stereocenters. The third kappa shape index (κ3) is 4.93. The molecule has 210 valence electrons. The van der Waals surface area contributed by atoms with Gasteiger partial charge in [-0.15, -0.1) is 5.10 Å². The van der Waals surface area contributed by atoms with Crippen molar-refractivity contribution in [3.05, 3.63) is 53.4 Å². The molecule has 0 bridgehead atoms. The fourth-order valence-electron chi connectivity index (χ4n) is 4.91. The number of carbonyl (C=O) groups excluding carboxylic acids is 2. The number of hydrazine groups is 1. The first kappa shape index (κ1) is 27.0. The number of rotatable bonds is 6. The van der Waals surface area contributed by atoms with Crippen molar-refractivity contribution in [2.45, 2.75) is 38.3 Å². The van der Waals surface area contributed by atoms with Crippen molar-refractivity contribution in [2.24, 2.45) is 5.84 Å². The number of halogens is 2. The molecule has 0 saturated carbocycles. The minimum absolute atomic E-state index is 0.0780. The Labute approximate surface area is 227 Å². The summed E-state index contributed by atoms with van der Waals surface area (Å²) in [7, 11) is 3.09. The van der Waals surface area contributed by atoms with E-state index < -0.39 is 23.4 Å². The van der Waals surface area contributed by atoms with Crippen LogP contribution in [-0.2, 0) is 16.1 Å². The first-order valence-electron chi connectivity index (χ1n) is 12.6. The fourth-order valence-corrected chi connectivity index (χ4v) is 4.91. The molecule has 2 aromatic heterocycles. The van der Waals surface area contributed by atoms with E-state index in [9.17, 15) is 18.4 Å². The lowest BCUT2D eigenvalue weighted by atomic mass is 9.92. The second kappa shape index (κ2) is 10.9. The predicted molar refractivity (Wildman–Crippen MR) is 141 cm³/mol. The van der Waals surface area contributed by atoms with Crippen LogP contribution in [0.1, 0.15) is 37.1 Å². The van der Waals surface area contributed by atoms with Crippen LogP contribution in [0, 0.1) is 11.6 Å². The highest BCUT2D eigenvalue weighted by Crippen LogP contribution is 2.32. The topological polar surface area (TPSA) is 149 Å².